The third-order valence-corrected chi connectivity index (χ3v) is 5.31. The molecule has 1 aliphatic heterocycles. The Morgan fingerprint density at radius 3 is 2.47 bits per heavy atom. The molecule has 2 rings (SSSR count). The first-order chi connectivity index (χ1) is 16.3. The van der Waals surface area contributed by atoms with Crippen molar-refractivity contribution in [3.8, 4) is 0 Å². The number of rotatable bonds is 13. The van der Waals surface area contributed by atoms with Gasteiger partial charge in [-0.15, -0.1) is 0 Å². The molecule has 0 spiro atoms. The van der Waals surface area contributed by atoms with E-state index in [2.05, 4.69) is 38.1 Å². The Labute approximate surface area is 202 Å². The molecule has 1 aliphatic rings. The van der Waals surface area contributed by atoms with Crippen LogP contribution in [0.5, 0.6) is 0 Å². The molecular weight excluding hydrogens is 438 g/mol. The standard InChI is InChI=1S/C26H37NO7/c1-18(2)26(31-16-22-9-7-6-8-10-22)19(3)15-32-27-14-13-23-11-12-24(33-21(5)29)25(34-23)17-30-20(4)28/h6-12,14,18-19,23-26H,13,15-17H2,1-5H3/b27-14+/t19-,23+,24+,25-,26-/m1/s1. The van der Waals surface area contributed by atoms with E-state index in [1.807, 2.05) is 18.2 Å². The average molecular weight is 476 g/mol. The Kier molecular flexibility index (Phi) is 11.8. The fourth-order valence-corrected chi connectivity index (χ4v) is 3.71. The van der Waals surface area contributed by atoms with Gasteiger partial charge in [-0.2, -0.15) is 0 Å². The Bertz CT molecular complexity index is 809. The van der Waals surface area contributed by atoms with Crippen LogP contribution in [0.25, 0.3) is 0 Å². The first kappa shape index (κ1) is 27.5. The third-order valence-electron chi connectivity index (χ3n) is 5.31. The van der Waals surface area contributed by atoms with Crippen molar-refractivity contribution >= 4 is 18.2 Å². The summed E-state index contributed by atoms with van der Waals surface area (Å²) in [6.45, 7) is 9.99. The quantitative estimate of drug-likeness (QED) is 0.184. The van der Waals surface area contributed by atoms with Crippen molar-refractivity contribution < 1.29 is 33.4 Å². The Hall–Kier alpha value is -2.71. The van der Waals surface area contributed by atoms with Crippen LogP contribution in [0.2, 0.25) is 0 Å². The van der Waals surface area contributed by atoms with Crippen LogP contribution in [0.4, 0.5) is 0 Å². The summed E-state index contributed by atoms with van der Waals surface area (Å²) >= 11 is 0. The van der Waals surface area contributed by atoms with Crippen LogP contribution in [-0.2, 0) is 40.0 Å². The molecule has 0 aliphatic carbocycles. The predicted octanol–water partition coefficient (Wildman–Crippen LogP) is 4.07. The number of ether oxygens (including phenoxy) is 4. The highest BCUT2D eigenvalue weighted by Gasteiger charge is 2.30. The predicted molar refractivity (Wildman–Crippen MR) is 128 cm³/mol. The number of benzene rings is 1. The summed E-state index contributed by atoms with van der Waals surface area (Å²) in [4.78, 5) is 28.0. The van der Waals surface area contributed by atoms with Crippen LogP contribution < -0.4 is 0 Å². The van der Waals surface area contributed by atoms with Crippen molar-refractivity contribution in [3.63, 3.8) is 0 Å². The van der Waals surface area contributed by atoms with Gasteiger partial charge < -0.3 is 23.8 Å². The molecule has 0 fully saturated rings. The van der Waals surface area contributed by atoms with Crippen LogP contribution in [0.15, 0.2) is 47.6 Å². The maximum Gasteiger partial charge on any atom is 0.303 e. The normalized spacial score (nSPS) is 21.9. The van der Waals surface area contributed by atoms with Gasteiger partial charge in [0, 0.05) is 32.4 Å². The number of carbonyl (C=O) groups is 2. The second-order valence-corrected chi connectivity index (χ2v) is 8.78. The van der Waals surface area contributed by atoms with Gasteiger partial charge >= 0.3 is 11.9 Å². The molecule has 5 atom stereocenters. The molecular formula is C26H37NO7. The van der Waals surface area contributed by atoms with E-state index in [1.165, 1.54) is 13.8 Å². The molecule has 0 bridgehead atoms. The zero-order chi connectivity index (χ0) is 24.9. The van der Waals surface area contributed by atoms with Gasteiger partial charge in [0.2, 0.25) is 0 Å². The summed E-state index contributed by atoms with van der Waals surface area (Å²) in [5.74, 6) is -0.357. The highest BCUT2D eigenvalue weighted by atomic mass is 16.6. The van der Waals surface area contributed by atoms with E-state index in [0.717, 1.165) is 5.56 Å². The topological polar surface area (TPSA) is 92.7 Å². The third kappa shape index (κ3) is 10.1. The second kappa shape index (κ2) is 14.5. The second-order valence-electron chi connectivity index (χ2n) is 8.78. The molecule has 0 amide bonds. The summed E-state index contributed by atoms with van der Waals surface area (Å²) in [6, 6.07) is 10.1. The number of nitrogens with zero attached hydrogens (tertiary/aromatic N) is 1. The molecule has 188 valence electrons. The van der Waals surface area contributed by atoms with Crippen molar-refractivity contribution in [1.82, 2.24) is 0 Å². The van der Waals surface area contributed by atoms with Crippen molar-refractivity contribution in [2.45, 2.75) is 72.1 Å². The molecule has 8 heteroatoms. The molecule has 34 heavy (non-hydrogen) atoms. The monoisotopic (exact) mass is 475 g/mol. The number of hydrogen-bond acceptors (Lipinski definition) is 8. The summed E-state index contributed by atoms with van der Waals surface area (Å²) in [5.41, 5.74) is 1.14. The minimum Gasteiger partial charge on any atom is -0.463 e. The molecule has 0 aromatic heterocycles. The number of esters is 2. The summed E-state index contributed by atoms with van der Waals surface area (Å²) < 4.78 is 22.3. The van der Waals surface area contributed by atoms with E-state index < -0.39 is 24.1 Å². The SMILES string of the molecule is CC(=O)OC[C@H]1O[C@H](C/C=N/OC[C@@H](C)[C@H](OCc2ccccc2)C(C)C)C=C[C@@H]1OC(C)=O. The minimum absolute atomic E-state index is 0.00114. The van der Waals surface area contributed by atoms with E-state index in [0.29, 0.717) is 25.6 Å². The average Bonchev–Trinajstić information content (AvgIpc) is 2.79. The fraction of sp³-hybridized carbons (Fsp3) is 0.577. The van der Waals surface area contributed by atoms with Gasteiger partial charge in [-0.25, -0.2) is 0 Å². The van der Waals surface area contributed by atoms with Crippen molar-refractivity contribution in [2.75, 3.05) is 13.2 Å². The van der Waals surface area contributed by atoms with Crippen LogP contribution in [0.1, 0.15) is 46.6 Å². The van der Waals surface area contributed by atoms with Crippen molar-refractivity contribution in [3.05, 3.63) is 48.0 Å². The largest absolute Gasteiger partial charge is 0.463 e. The fourth-order valence-electron chi connectivity index (χ4n) is 3.71. The van der Waals surface area contributed by atoms with Crippen LogP contribution in [0.3, 0.4) is 0 Å². The van der Waals surface area contributed by atoms with Gasteiger partial charge in [-0.3, -0.25) is 9.59 Å². The van der Waals surface area contributed by atoms with Crippen molar-refractivity contribution in [1.29, 1.82) is 0 Å². The molecule has 1 aromatic rings. The molecule has 1 aromatic carbocycles. The van der Waals surface area contributed by atoms with Crippen LogP contribution in [0, 0.1) is 11.8 Å². The molecule has 0 N–H and O–H groups in total. The van der Waals surface area contributed by atoms with Crippen LogP contribution in [-0.4, -0.2) is 55.8 Å². The smallest absolute Gasteiger partial charge is 0.303 e. The van der Waals surface area contributed by atoms with Gasteiger partial charge in [0.25, 0.3) is 0 Å². The maximum absolute atomic E-state index is 11.3. The van der Waals surface area contributed by atoms with Gasteiger partial charge in [0.05, 0.1) is 18.8 Å². The molecule has 0 unspecified atom stereocenters. The Balaban J connectivity index is 1.79. The Morgan fingerprint density at radius 2 is 1.82 bits per heavy atom. The van der Waals surface area contributed by atoms with E-state index >= 15 is 0 Å². The van der Waals surface area contributed by atoms with Crippen molar-refractivity contribution in [2.24, 2.45) is 17.0 Å². The van der Waals surface area contributed by atoms with E-state index in [9.17, 15) is 9.59 Å². The molecule has 0 radical (unpaired) electrons. The van der Waals surface area contributed by atoms with Crippen LogP contribution >= 0.6 is 0 Å². The number of oxime groups is 1. The van der Waals surface area contributed by atoms with Gasteiger partial charge in [0.15, 0.2) is 0 Å². The lowest BCUT2D eigenvalue weighted by molar-refractivity contribution is -0.162. The van der Waals surface area contributed by atoms with E-state index in [-0.39, 0.29) is 24.7 Å². The lowest BCUT2D eigenvalue weighted by Crippen LogP contribution is -2.41. The highest BCUT2D eigenvalue weighted by molar-refractivity contribution is 5.67. The summed E-state index contributed by atoms with van der Waals surface area (Å²) in [5, 5.41) is 4.07. The first-order valence-electron chi connectivity index (χ1n) is 11.7. The zero-order valence-corrected chi connectivity index (χ0v) is 20.7. The zero-order valence-electron chi connectivity index (χ0n) is 20.7. The highest BCUT2D eigenvalue weighted by Crippen LogP contribution is 2.20. The summed E-state index contributed by atoms with van der Waals surface area (Å²) in [6.07, 6.45) is 4.22. The lowest BCUT2D eigenvalue weighted by atomic mass is 9.95. The molecule has 0 saturated heterocycles. The van der Waals surface area contributed by atoms with E-state index in [4.69, 9.17) is 23.8 Å². The van der Waals surface area contributed by atoms with E-state index in [1.54, 1.807) is 18.4 Å². The summed E-state index contributed by atoms with van der Waals surface area (Å²) in [7, 11) is 0. The maximum atomic E-state index is 11.3. The van der Waals surface area contributed by atoms with Gasteiger partial charge in [-0.1, -0.05) is 62.3 Å². The number of carbonyl (C=O) groups excluding carboxylic acids is 2. The Morgan fingerprint density at radius 1 is 1.09 bits per heavy atom. The minimum atomic E-state index is -0.606. The van der Waals surface area contributed by atoms with Gasteiger partial charge in [0.1, 0.15) is 25.4 Å². The number of hydrogen-bond donors (Lipinski definition) is 0. The first-order valence-corrected chi connectivity index (χ1v) is 11.7. The molecule has 8 nitrogen and oxygen atoms in total. The lowest BCUT2D eigenvalue weighted by Gasteiger charge is -2.31. The molecule has 0 saturated carbocycles. The van der Waals surface area contributed by atoms with Gasteiger partial charge in [-0.05, 0) is 17.6 Å². The molecule has 1 heterocycles.